The summed E-state index contributed by atoms with van der Waals surface area (Å²) >= 11 is 0. The van der Waals surface area contributed by atoms with Gasteiger partial charge in [-0.05, 0) is 30.7 Å². The largest absolute Gasteiger partial charge is 0.419 e. The van der Waals surface area contributed by atoms with Crippen molar-refractivity contribution >= 4 is 12.4 Å². The minimum absolute atomic E-state index is 0. The normalized spacial score (nSPS) is 19.9. The lowest BCUT2D eigenvalue weighted by atomic mass is 9.97. The molecule has 1 aromatic rings. The van der Waals surface area contributed by atoms with Crippen LogP contribution in [0.1, 0.15) is 23.6 Å². The minimum atomic E-state index is -4.62. The van der Waals surface area contributed by atoms with Gasteiger partial charge in [0.05, 0.1) is 5.56 Å². The Morgan fingerprint density at radius 3 is 2.25 bits per heavy atom. The molecular formula is C10H10ClF4N. The maximum Gasteiger partial charge on any atom is 0.419 e. The van der Waals surface area contributed by atoms with Crippen LogP contribution in [0.3, 0.4) is 0 Å². The van der Waals surface area contributed by atoms with Crippen molar-refractivity contribution in [3.8, 4) is 0 Å². The fraction of sp³-hybridized carbons (Fsp3) is 0.400. The summed E-state index contributed by atoms with van der Waals surface area (Å²) in [5, 5.41) is 3.00. The third-order valence-electron chi connectivity index (χ3n) is 2.52. The summed E-state index contributed by atoms with van der Waals surface area (Å²) in [4.78, 5) is 0. The molecule has 16 heavy (non-hydrogen) atoms. The van der Waals surface area contributed by atoms with Crippen LogP contribution in [0, 0.1) is 5.82 Å². The van der Waals surface area contributed by atoms with E-state index < -0.39 is 17.6 Å². The van der Waals surface area contributed by atoms with Crippen molar-refractivity contribution in [3.63, 3.8) is 0 Å². The van der Waals surface area contributed by atoms with E-state index in [0.717, 1.165) is 25.1 Å². The zero-order chi connectivity index (χ0) is 11.1. The van der Waals surface area contributed by atoms with Gasteiger partial charge < -0.3 is 5.32 Å². The number of halogens is 5. The molecule has 0 bridgehead atoms. The summed E-state index contributed by atoms with van der Waals surface area (Å²) in [6, 6.07) is 3.08. The molecule has 2 rings (SSSR count). The molecule has 0 radical (unpaired) electrons. The second-order valence-corrected chi connectivity index (χ2v) is 3.53. The molecule has 0 unspecified atom stereocenters. The maximum atomic E-state index is 13.1. The summed E-state index contributed by atoms with van der Waals surface area (Å²) < 4.78 is 49.8. The molecule has 1 N–H and O–H groups in total. The highest BCUT2D eigenvalue weighted by molar-refractivity contribution is 5.85. The Kier molecular flexibility index (Phi) is 3.80. The zero-order valence-corrected chi connectivity index (χ0v) is 8.96. The first-order valence-electron chi connectivity index (χ1n) is 4.58. The molecule has 1 aliphatic rings. The molecule has 0 aromatic heterocycles. The molecule has 0 saturated carbocycles. The van der Waals surface area contributed by atoms with Gasteiger partial charge >= 0.3 is 6.18 Å². The monoisotopic (exact) mass is 255 g/mol. The first-order valence-corrected chi connectivity index (χ1v) is 4.58. The summed E-state index contributed by atoms with van der Waals surface area (Å²) in [5.74, 6) is -1.20. The lowest BCUT2D eigenvalue weighted by Gasteiger charge is -2.28. The Balaban J connectivity index is 0.00000128. The van der Waals surface area contributed by atoms with Crippen LogP contribution in [-0.2, 0) is 6.18 Å². The van der Waals surface area contributed by atoms with Gasteiger partial charge in [-0.3, -0.25) is 0 Å². The number of hydrogen-bond acceptors (Lipinski definition) is 1. The number of benzene rings is 1. The zero-order valence-electron chi connectivity index (χ0n) is 8.14. The number of hydrogen-bond donors (Lipinski definition) is 1. The molecule has 1 heterocycles. The van der Waals surface area contributed by atoms with Crippen LogP contribution in [0.5, 0.6) is 0 Å². The lowest BCUT2D eigenvalue weighted by Crippen LogP contribution is -2.35. The molecule has 90 valence electrons. The van der Waals surface area contributed by atoms with Crippen molar-refractivity contribution < 1.29 is 17.6 Å². The number of alkyl halides is 3. The second kappa shape index (κ2) is 4.59. The van der Waals surface area contributed by atoms with Crippen molar-refractivity contribution in [2.24, 2.45) is 0 Å². The van der Waals surface area contributed by atoms with E-state index in [1.165, 1.54) is 6.07 Å². The SMILES string of the molecule is Cl.Fc1cc([C@H]2CCN2)ccc1C(F)(F)F. The van der Waals surface area contributed by atoms with Crippen molar-refractivity contribution in [1.82, 2.24) is 5.32 Å². The van der Waals surface area contributed by atoms with Gasteiger partial charge in [0.2, 0.25) is 0 Å². The lowest BCUT2D eigenvalue weighted by molar-refractivity contribution is -0.140. The van der Waals surface area contributed by atoms with Gasteiger partial charge in [-0.2, -0.15) is 13.2 Å². The van der Waals surface area contributed by atoms with Crippen molar-refractivity contribution in [2.75, 3.05) is 6.54 Å². The fourth-order valence-electron chi connectivity index (χ4n) is 1.55. The van der Waals surface area contributed by atoms with Gasteiger partial charge in [0.1, 0.15) is 5.82 Å². The Morgan fingerprint density at radius 1 is 1.25 bits per heavy atom. The third kappa shape index (κ3) is 2.47. The van der Waals surface area contributed by atoms with E-state index >= 15 is 0 Å². The van der Waals surface area contributed by atoms with Crippen molar-refractivity contribution in [3.05, 3.63) is 35.1 Å². The van der Waals surface area contributed by atoms with Gasteiger partial charge in [0, 0.05) is 6.04 Å². The number of rotatable bonds is 1. The average molecular weight is 256 g/mol. The predicted octanol–water partition coefficient (Wildman–Crippen LogP) is 3.30. The van der Waals surface area contributed by atoms with E-state index in [4.69, 9.17) is 0 Å². The smallest absolute Gasteiger partial charge is 0.310 e. The third-order valence-corrected chi connectivity index (χ3v) is 2.52. The maximum absolute atomic E-state index is 13.1. The van der Waals surface area contributed by atoms with Crippen LogP contribution in [0.25, 0.3) is 0 Å². The first-order chi connectivity index (χ1) is 6.98. The molecule has 1 aliphatic heterocycles. The second-order valence-electron chi connectivity index (χ2n) is 3.53. The van der Waals surface area contributed by atoms with Gasteiger partial charge in [-0.15, -0.1) is 12.4 Å². The predicted molar refractivity (Wildman–Crippen MR) is 54.0 cm³/mol. The summed E-state index contributed by atoms with van der Waals surface area (Å²) in [7, 11) is 0. The Bertz CT molecular complexity index is 374. The Morgan fingerprint density at radius 2 is 1.88 bits per heavy atom. The summed E-state index contributed by atoms with van der Waals surface area (Å²) in [5.41, 5.74) is -0.627. The molecule has 6 heteroatoms. The van der Waals surface area contributed by atoms with E-state index in [2.05, 4.69) is 5.32 Å². The van der Waals surface area contributed by atoms with E-state index in [-0.39, 0.29) is 18.4 Å². The van der Waals surface area contributed by atoms with Crippen LogP contribution in [-0.4, -0.2) is 6.54 Å². The molecule has 1 saturated heterocycles. The molecule has 1 atom stereocenters. The van der Waals surface area contributed by atoms with E-state index in [0.29, 0.717) is 5.56 Å². The van der Waals surface area contributed by atoms with Gasteiger partial charge in [-0.1, -0.05) is 6.07 Å². The van der Waals surface area contributed by atoms with Gasteiger partial charge in [0.15, 0.2) is 0 Å². The topological polar surface area (TPSA) is 12.0 Å². The molecule has 0 aliphatic carbocycles. The fourth-order valence-corrected chi connectivity index (χ4v) is 1.55. The van der Waals surface area contributed by atoms with E-state index in [9.17, 15) is 17.6 Å². The van der Waals surface area contributed by atoms with Crippen molar-refractivity contribution in [2.45, 2.75) is 18.6 Å². The minimum Gasteiger partial charge on any atom is -0.310 e. The van der Waals surface area contributed by atoms with Crippen LogP contribution in [0.4, 0.5) is 17.6 Å². The molecule has 0 amide bonds. The quantitative estimate of drug-likeness (QED) is 0.760. The van der Waals surface area contributed by atoms with Crippen LogP contribution in [0.15, 0.2) is 18.2 Å². The summed E-state index contributed by atoms with van der Waals surface area (Å²) in [6.07, 6.45) is -3.78. The summed E-state index contributed by atoms with van der Waals surface area (Å²) in [6.45, 7) is 0.827. The highest BCUT2D eigenvalue weighted by atomic mass is 35.5. The Hall–Kier alpha value is -0.810. The van der Waals surface area contributed by atoms with Crippen LogP contribution in [0.2, 0.25) is 0 Å². The van der Waals surface area contributed by atoms with Crippen LogP contribution >= 0.6 is 12.4 Å². The van der Waals surface area contributed by atoms with Gasteiger partial charge in [0.25, 0.3) is 0 Å². The molecule has 1 nitrogen and oxygen atoms in total. The van der Waals surface area contributed by atoms with Crippen LogP contribution < -0.4 is 5.32 Å². The van der Waals surface area contributed by atoms with E-state index in [1.807, 2.05) is 0 Å². The molecule has 1 aromatic carbocycles. The first kappa shape index (κ1) is 13.3. The standard InChI is InChI=1S/C10H9F4N.ClH/c11-8-5-6(9-3-4-15-9)1-2-7(8)10(12,13)14;/h1-2,5,9,15H,3-4H2;1H/t9-;/m1./s1. The highest BCUT2D eigenvalue weighted by Crippen LogP contribution is 2.33. The van der Waals surface area contributed by atoms with Gasteiger partial charge in [-0.25, -0.2) is 4.39 Å². The highest BCUT2D eigenvalue weighted by Gasteiger charge is 2.34. The van der Waals surface area contributed by atoms with E-state index in [1.54, 1.807) is 0 Å². The average Bonchev–Trinajstić information content (AvgIpc) is 1.97. The molecule has 0 spiro atoms. The van der Waals surface area contributed by atoms with Crippen molar-refractivity contribution in [1.29, 1.82) is 0 Å². The Labute approximate surface area is 96.3 Å². The molecule has 1 fully saturated rings. The molecular weight excluding hydrogens is 246 g/mol. The number of nitrogens with one attached hydrogen (secondary N) is 1.